The normalized spacial score (nSPS) is 15.6. The average Bonchev–Trinajstić information content (AvgIpc) is 3.29. The summed E-state index contributed by atoms with van der Waals surface area (Å²) in [6, 6.07) is 10.7. The van der Waals surface area contributed by atoms with Crippen molar-refractivity contribution in [3.63, 3.8) is 0 Å². The van der Waals surface area contributed by atoms with Crippen LogP contribution in [0.4, 0.5) is 4.39 Å². The molecule has 1 aliphatic rings. The van der Waals surface area contributed by atoms with Crippen LogP contribution in [0.2, 0.25) is 0 Å². The SMILES string of the molecule is Cc1nc(-c2cccs2)sc1C(=O)N1CCCN(Cc2ccc(F)cc2)CC1. The molecule has 3 aromatic rings. The van der Waals surface area contributed by atoms with Crippen LogP contribution in [0.3, 0.4) is 0 Å². The summed E-state index contributed by atoms with van der Waals surface area (Å²) in [7, 11) is 0. The molecule has 0 spiro atoms. The van der Waals surface area contributed by atoms with E-state index >= 15 is 0 Å². The number of carbonyl (C=O) groups excluding carboxylic acids is 1. The van der Waals surface area contributed by atoms with Crippen LogP contribution in [0, 0.1) is 12.7 Å². The molecule has 0 N–H and O–H groups in total. The highest BCUT2D eigenvalue weighted by molar-refractivity contribution is 7.22. The largest absolute Gasteiger partial charge is 0.337 e. The second kappa shape index (κ2) is 8.51. The number of rotatable bonds is 4. The smallest absolute Gasteiger partial charge is 0.265 e. The molecule has 1 aromatic carbocycles. The van der Waals surface area contributed by atoms with Gasteiger partial charge in [-0.2, -0.15) is 0 Å². The minimum atomic E-state index is -0.210. The van der Waals surface area contributed by atoms with Crippen LogP contribution in [0.25, 0.3) is 9.88 Å². The Morgan fingerprint density at radius 1 is 1.14 bits per heavy atom. The van der Waals surface area contributed by atoms with Gasteiger partial charge >= 0.3 is 0 Å². The molecule has 4 rings (SSSR count). The molecule has 0 aliphatic carbocycles. The first-order valence-corrected chi connectivity index (χ1v) is 11.1. The van der Waals surface area contributed by atoms with Crippen molar-refractivity contribution in [3.05, 3.63) is 63.7 Å². The fourth-order valence-corrected chi connectivity index (χ4v) is 5.26. The summed E-state index contributed by atoms with van der Waals surface area (Å²) in [5, 5.41) is 2.95. The van der Waals surface area contributed by atoms with E-state index < -0.39 is 0 Å². The number of amides is 1. The van der Waals surface area contributed by atoms with Gasteiger partial charge in [0.1, 0.15) is 15.7 Å². The Kier molecular flexibility index (Phi) is 5.85. The zero-order valence-corrected chi connectivity index (χ0v) is 17.4. The number of nitrogens with zero attached hydrogens (tertiary/aromatic N) is 3. The van der Waals surface area contributed by atoms with Crippen molar-refractivity contribution in [2.45, 2.75) is 19.9 Å². The van der Waals surface area contributed by atoms with E-state index in [9.17, 15) is 9.18 Å². The molecule has 28 heavy (non-hydrogen) atoms. The van der Waals surface area contributed by atoms with Crippen LogP contribution in [-0.4, -0.2) is 46.9 Å². The summed E-state index contributed by atoms with van der Waals surface area (Å²) in [4.78, 5) is 23.8. The molecular formula is C21H22FN3OS2. The Morgan fingerprint density at radius 3 is 2.71 bits per heavy atom. The zero-order chi connectivity index (χ0) is 19.5. The number of aryl methyl sites for hydroxylation is 1. The molecule has 3 heterocycles. The standard InChI is InChI=1S/C21H22FN3OS2/c1-15-19(28-20(23-15)18-4-2-13-27-18)21(26)25-10-3-9-24(11-12-25)14-16-5-7-17(22)8-6-16/h2,4-8,13H,3,9-12,14H2,1H3. The average molecular weight is 416 g/mol. The first-order valence-electron chi connectivity index (χ1n) is 9.37. The minimum Gasteiger partial charge on any atom is -0.337 e. The predicted molar refractivity (Wildman–Crippen MR) is 112 cm³/mol. The lowest BCUT2D eigenvalue weighted by Gasteiger charge is -2.21. The van der Waals surface area contributed by atoms with Gasteiger partial charge in [-0.25, -0.2) is 9.37 Å². The number of aromatic nitrogens is 1. The van der Waals surface area contributed by atoms with E-state index in [1.54, 1.807) is 11.3 Å². The quantitative estimate of drug-likeness (QED) is 0.621. The monoisotopic (exact) mass is 415 g/mol. The van der Waals surface area contributed by atoms with Crippen LogP contribution in [0.5, 0.6) is 0 Å². The number of benzene rings is 1. The van der Waals surface area contributed by atoms with Gasteiger partial charge < -0.3 is 4.90 Å². The van der Waals surface area contributed by atoms with Crippen LogP contribution in [0.1, 0.15) is 27.3 Å². The Balaban J connectivity index is 1.41. The van der Waals surface area contributed by atoms with Gasteiger partial charge in [0.25, 0.3) is 5.91 Å². The van der Waals surface area contributed by atoms with Crippen molar-refractivity contribution >= 4 is 28.6 Å². The van der Waals surface area contributed by atoms with Crippen molar-refractivity contribution in [3.8, 4) is 9.88 Å². The third-order valence-electron chi connectivity index (χ3n) is 4.92. The topological polar surface area (TPSA) is 36.4 Å². The van der Waals surface area contributed by atoms with E-state index in [0.717, 1.165) is 58.6 Å². The number of carbonyl (C=O) groups is 1. The molecule has 4 nitrogen and oxygen atoms in total. The third kappa shape index (κ3) is 4.32. The summed E-state index contributed by atoms with van der Waals surface area (Å²) >= 11 is 3.13. The molecule has 0 bridgehead atoms. The number of hydrogen-bond donors (Lipinski definition) is 0. The van der Waals surface area contributed by atoms with Gasteiger partial charge in [-0.3, -0.25) is 9.69 Å². The van der Waals surface area contributed by atoms with Gasteiger partial charge in [0.15, 0.2) is 0 Å². The van der Waals surface area contributed by atoms with Crippen molar-refractivity contribution < 1.29 is 9.18 Å². The lowest BCUT2D eigenvalue weighted by Crippen LogP contribution is -2.35. The fourth-order valence-electron chi connectivity index (χ4n) is 3.42. The molecule has 2 aromatic heterocycles. The fraction of sp³-hybridized carbons (Fsp3) is 0.333. The van der Waals surface area contributed by atoms with Crippen LogP contribution in [-0.2, 0) is 6.54 Å². The van der Waals surface area contributed by atoms with Crippen molar-refractivity contribution in [1.82, 2.24) is 14.8 Å². The van der Waals surface area contributed by atoms with Crippen LogP contribution < -0.4 is 0 Å². The minimum absolute atomic E-state index is 0.0847. The second-order valence-corrected chi connectivity index (χ2v) is 8.91. The number of hydrogen-bond acceptors (Lipinski definition) is 5. The van der Waals surface area contributed by atoms with E-state index in [2.05, 4.69) is 9.88 Å². The Hall–Kier alpha value is -2.09. The summed E-state index contributed by atoms with van der Waals surface area (Å²) in [6.07, 6.45) is 0.933. The van der Waals surface area contributed by atoms with E-state index in [1.165, 1.54) is 23.5 Å². The maximum atomic E-state index is 13.1. The highest BCUT2D eigenvalue weighted by atomic mass is 32.1. The van der Waals surface area contributed by atoms with E-state index in [4.69, 9.17) is 0 Å². The van der Waals surface area contributed by atoms with Crippen LogP contribution in [0.15, 0.2) is 41.8 Å². The van der Waals surface area contributed by atoms with Gasteiger partial charge in [0.2, 0.25) is 0 Å². The third-order valence-corrected chi connectivity index (χ3v) is 7.10. The Bertz CT molecular complexity index is 937. The van der Waals surface area contributed by atoms with Gasteiger partial charge in [-0.1, -0.05) is 18.2 Å². The first kappa shape index (κ1) is 19.2. The second-order valence-electron chi connectivity index (χ2n) is 6.96. The Labute approximate surface area is 172 Å². The molecular weight excluding hydrogens is 393 g/mol. The van der Waals surface area contributed by atoms with Gasteiger partial charge in [-0.15, -0.1) is 22.7 Å². The van der Waals surface area contributed by atoms with Gasteiger partial charge in [0, 0.05) is 32.7 Å². The lowest BCUT2D eigenvalue weighted by molar-refractivity contribution is 0.0765. The molecule has 1 saturated heterocycles. The Morgan fingerprint density at radius 2 is 1.96 bits per heavy atom. The van der Waals surface area contributed by atoms with Crippen molar-refractivity contribution in [2.75, 3.05) is 26.2 Å². The lowest BCUT2D eigenvalue weighted by atomic mass is 10.2. The first-order chi connectivity index (χ1) is 13.6. The van der Waals surface area contributed by atoms with E-state index in [1.807, 2.05) is 41.5 Å². The maximum Gasteiger partial charge on any atom is 0.265 e. The maximum absolute atomic E-state index is 13.1. The van der Waals surface area contributed by atoms with Crippen molar-refractivity contribution in [2.24, 2.45) is 0 Å². The zero-order valence-electron chi connectivity index (χ0n) is 15.7. The summed E-state index contributed by atoms with van der Waals surface area (Å²) in [5.41, 5.74) is 1.91. The summed E-state index contributed by atoms with van der Waals surface area (Å²) < 4.78 is 13.1. The number of thiophene rings is 1. The molecule has 1 aliphatic heterocycles. The molecule has 1 amide bonds. The highest BCUT2D eigenvalue weighted by Crippen LogP contribution is 2.31. The number of halogens is 1. The van der Waals surface area contributed by atoms with Crippen molar-refractivity contribution in [1.29, 1.82) is 0 Å². The molecule has 1 fully saturated rings. The van der Waals surface area contributed by atoms with E-state index in [-0.39, 0.29) is 11.7 Å². The molecule has 146 valence electrons. The molecule has 0 radical (unpaired) electrons. The number of thiazole rings is 1. The molecule has 0 atom stereocenters. The van der Waals surface area contributed by atoms with E-state index in [0.29, 0.717) is 6.54 Å². The summed E-state index contributed by atoms with van der Waals surface area (Å²) in [6.45, 7) is 5.90. The molecule has 7 heteroatoms. The predicted octanol–water partition coefficient (Wildman–Crippen LogP) is 4.67. The van der Waals surface area contributed by atoms with Crippen LogP contribution >= 0.6 is 22.7 Å². The highest BCUT2D eigenvalue weighted by Gasteiger charge is 2.24. The van der Waals surface area contributed by atoms with Gasteiger partial charge in [0.05, 0.1) is 10.6 Å². The molecule has 0 saturated carbocycles. The molecule has 0 unspecified atom stereocenters. The summed E-state index contributed by atoms with van der Waals surface area (Å²) in [5.74, 6) is -0.125. The van der Waals surface area contributed by atoms with Gasteiger partial charge in [-0.05, 0) is 42.5 Å².